The van der Waals surface area contributed by atoms with E-state index in [-0.39, 0.29) is 23.5 Å². The number of benzene rings is 2. The average Bonchev–Trinajstić information content (AvgIpc) is 3.09. The Labute approximate surface area is 155 Å². The number of aromatic amines is 1. The number of H-pyrrole nitrogens is 1. The number of thioether (sulfide) groups is 1. The Morgan fingerprint density at radius 2 is 1.96 bits per heavy atom. The third-order valence-corrected chi connectivity index (χ3v) is 4.81. The van der Waals surface area contributed by atoms with E-state index in [4.69, 9.17) is 0 Å². The molecule has 0 aliphatic heterocycles. The lowest BCUT2D eigenvalue weighted by atomic mass is 10.0. The van der Waals surface area contributed by atoms with Crippen LogP contribution in [-0.4, -0.2) is 26.8 Å². The highest BCUT2D eigenvalue weighted by Crippen LogP contribution is 2.22. The monoisotopic (exact) mass is 370 g/mol. The summed E-state index contributed by atoms with van der Waals surface area (Å²) >= 11 is 1.20. The molecule has 1 aromatic heterocycles. The fourth-order valence-corrected chi connectivity index (χ4v) is 3.26. The lowest BCUT2D eigenvalue weighted by Gasteiger charge is -2.16. The molecule has 0 unspecified atom stereocenters. The van der Waals surface area contributed by atoms with E-state index in [9.17, 15) is 9.18 Å². The van der Waals surface area contributed by atoms with Gasteiger partial charge in [0, 0.05) is 0 Å². The fourth-order valence-electron chi connectivity index (χ4n) is 2.65. The Bertz CT molecular complexity index is 912. The van der Waals surface area contributed by atoms with Gasteiger partial charge in [0.2, 0.25) is 11.1 Å². The summed E-state index contributed by atoms with van der Waals surface area (Å²) in [6, 6.07) is 14.2. The van der Waals surface area contributed by atoms with E-state index in [1.807, 2.05) is 38.1 Å². The Kier molecular flexibility index (Phi) is 5.68. The molecule has 2 aromatic carbocycles. The van der Waals surface area contributed by atoms with Crippen molar-refractivity contribution < 1.29 is 9.18 Å². The number of halogens is 1. The second-order valence-corrected chi connectivity index (χ2v) is 6.82. The highest BCUT2D eigenvalue weighted by Gasteiger charge is 2.14. The van der Waals surface area contributed by atoms with Crippen molar-refractivity contribution in [1.82, 2.24) is 20.5 Å². The standard InChI is InChI=1S/C19H19FN4OS/c1-12-7-3-4-8-14(12)13(2)21-17(25)11-26-19-22-18(23-24-19)15-9-5-6-10-16(15)20/h3-10,13H,11H2,1-2H3,(H,21,25)(H,22,23,24)/t13-/m1/s1. The van der Waals surface area contributed by atoms with Crippen LogP contribution in [0.5, 0.6) is 0 Å². The smallest absolute Gasteiger partial charge is 0.230 e. The molecule has 134 valence electrons. The van der Waals surface area contributed by atoms with Crippen molar-refractivity contribution in [3.8, 4) is 11.4 Å². The van der Waals surface area contributed by atoms with Gasteiger partial charge in [0.25, 0.3) is 0 Å². The van der Waals surface area contributed by atoms with Gasteiger partial charge >= 0.3 is 0 Å². The molecule has 3 rings (SSSR count). The van der Waals surface area contributed by atoms with Crippen LogP contribution in [0, 0.1) is 12.7 Å². The first-order chi connectivity index (χ1) is 12.5. The van der Waals surface area contributed by atoms with E-state index in [1.54, 1.807) is 18.2 Å². The van der Waals surface area contributed by atoms with Crippen LogP contribution in [0.3, 0.4) is 0 Å². The van der Waals surface area contributed by atoms with E-state index in [1.165, 1.54) is 17.8 Å². The molecule has 0 spiro atoms. The summed E-state index contributed by atoms with van der Waals surface area (Å²) < 4.78 is 13.8. The van der Waals surface area contributed by atoms with Gasteiger partial charge < -0.3 is 5.32 Å². The number of hydrogen-bond donors (Lipinski definition) is 2. The molecule has 1 atom stereocenters. The fraction of sp³-hybridized carbons (Fsp3) is 0.211. The SMILES string of the molecule is Cc1ccccc1[C@@H](C)NC(=O)CSc1n[nH]c(-c2ccccc2F)n1. The van der Waals surface area contributed by atoms with Crippen molar-refractivity contribution >= 4 is 17.7 Å². The minimum Gasteiger partial charge on any atom is -0.349 e. The van der Waals surface area contributed by atoms with Gasteiger partial charge in [-0.25, -0.2) is 9.37 Å². The number of nitrogens with zero attached hydrogens (tertiary/aromatic N) is 2. The summed E-state index contributed by atoms with van der Waals surface area (Å²) in [7, 11) is 0. The highest BCUT2D eigenvalue weighted by atomic mass is 32.2. The van der Waals surface area contributed by atoms with Gasteiger partial charge in [-0.3, -0.25) is 9.89 Å². The quantitative estimate of drug-likeness (QED) is 0.646. The number of aryl methyl sites for hydroxylation is 1. The third-order valence-electron chi connectivity index (χ3n) is 3.96. The summed E-state index contributed by atoms with van der Waals surface area (Å²) in [6.45, 7) is 3.97. The molecular weight excluding hydrogens is 351 g/mol. The summed E-state index contributed by atoms with van der Waals surface area (Å²) in [5.41, 5.74) is 2.58. The predicted octanol–water partition coefficient (Wildman–Crippen LogP) is 3.89. The molecule has 0 saturated heterocycles. The summed E-state index contributed by atoms with van der Waals surface area (Å²) in [5.74, 6) is 0.0532. The van der Waals surface area contributed by atoms with Crippen LogP contribution in [-0.2, 0) is 4.79 Å². The third kappa shape index (κ3) is 4.29. The predicted molar refractivity (Wildman–Crippen MR) is 100 cm³/mol. The molecule has 0 bridgehead atoms. The zero-order chi connectivity index (χ0) is 18.5. The van der Waals surface area contributed by atoms with E-state index in [0.29, 0.717) is 16.5 Å². The molecule has 0 fully saturated rings. The highest BCUT2D eigenvalue weighted by molar-refractivity contribution is 7.99. The molecular formula is C19H19FN4OS. The molecule has 3 aromatic rings. The Hall–Kier alpha value is -2.67. The van der Waals surface area contributed by atoms with Gasteiger partial charge in [-0.2, -0.15) is 0 Å². The second-order valence-electron chi connectivity index (χ2n) is 5.88. The van der Waals surface area contributed by atoms with E-state index < -0.39 is 0 Å². The summed E-state index contributed by atoms with van der Waals surface area (Å²) in [6.07, 6.45) is 0. The first-order valence-electron chi connectivity index (χ1n) is 8.19. The summed E-state index contributed by atoms with van der Waals surface area (Å²) in [4.78, 5) is 16.4. The van der Waals surface area contributed by atoms with Crippen molar-refractivity contribution in [3.63, 3.8) is 0 Å². The molecule has 5 nitrogen and oxygen atoms in total. The van der Waals surface area contributed by atoms with Crippen LogP contribution in [0.1, 0.15) is 24.1 Å². The molecule has 0 radical (unpaired) electrons. The molecule has 7 heteroatoms. The van der Waals surface area contributed by atoms with Crippen molar-refractivity contribution in [3.05, 3.63) is 65.5 Å². The number of nitrogens with one attached hydrogen (secondary N) is 2. The largest absolute Gasteiger partial charge is 0.349 e. The van der Waals surface area contributed by atoms with Gasteiger partial charge in [0.15, 0.2) is 5.82 Å². The van der Waals surface area contributed by atoms with Gasteiger partial charge in [0.1, 0.15) is 5.82 Å². The maximum Gasteiger partial charge on any atom is 0.230 e. The minimum atomic E-state index is -0.370. The van der Waals surface area contributed by atoms with Crippen molar-refractivity contribution in [2.24, 2.45) is 0 Å². The molecule has 0 aliphatic carbocycles. The maximum absolute atomic E-state index is 13.8. The van der Waals surface area contributed by atoms with Gasteiger partial charge in [-0.05, 0) is 37.1 Å². The lowest BCUT2D eigenvalue weighted by Crippen LogP contribution is -2.28. The molecule has 0 saturated carbocycles. The Morgan fingerprint density at radius 1 is 1.23 bits per heavy atom. The molecule has 1 amide bonds. The molecule has 2 N–H and O–H groups in total. The number of carbonyl (C=O) groups is 1. The van der Waals surface area contributed by atoms with Crippen LogP contribution < -0.4 is 5.32 Å². The second kappa shape index (κ2) is 8.14. The normalized spacial score (nSPS) is 12.0. The number of aromatic nitrogens is 3. The zero-order valence-electron chi connectivity index (χ0n) is 14.5. The van der Waals surface area contributed by atoms with E-state index in [2.05, 4.69) is 20.5 Å². The number of hydrogen-bond acceptors (Lipinski definition) is 4. The Morgan fingerprint density at radius 3 is 2.73 bits per heavy atom. The molecule has 26 heavy (non-hydrogen) atoms. The van der Waals surface area contributed by atoms with Gasteiger partial charge in [0.05, 0.1) is 17.4 Å². The minimum absolute atomic E-state index is 0.0783. The van der Waals surface area contributed by atoms with Gasteiger partial charge in [-0.1, -0.05) is 48.2 Å². The molecule has 0 aliphatic rings. The van der Waals surface area contributed by atoms with Crippen LogP contribution in [0.15, 0.2) is 53.7 Å². The topological polar surface area (TPSA) is 70.7 Å². The van der Waals surface area contributed by atoms with E-state index in [0.717, 1.165) is 11.1 Å². The van der Waals surface area contributed by atoms with Crippen LogP contribution >= 0.6 is 11.8 Å². The Balaban J connectivity index is 1.57. The van der Waals surface area contributed by atoms with Crippen LogP contribution in [0.2, 0.25) is 0 Å². The van der Waals surface area contributed by atoms with Crippen molar-refractivity contribution in [2.75, 3.05) is 5.75 Å². The van der Waals surface area contributed by atoms with Crippen molar-refractivity contribution in [1.29, 1.82) is 0 Å². The van der Waals surface area contributed by atoms with Crippen LogP contribution in [0.25, 0.3) is 11.4 Å². The molecule has 1 heterocycles. The maximum atomic E-state index is 13.8. The first-order valence-corrected chi connectivity index (χ1v) is 9.18. The average molecular weight is 370 g/mol. The van der Waals surface area contributed by atoms with Crippen LogP contribution in [0.4, 0.5) is 4.39 Å². The zero-order valence-corrected chi connectivity index (χ0v) is 15.3. The summed E-state index contributed by atoms with van der Waals surface area (Å²) in [5, 5.41) is 10.1. The number of carbonyl (C=O) groups excluding carboxylic acids is 1. The first kappa shape index (κ1) is 18.1. The van der Waals surface area contributed by atoms with E-state index >= 15 is 0 Å². The van der Waals surface area contributed by atoms with Gasteiger partial charge in [-0.15, -0.1) is 5.10 Å². The van der Waals surface area contributed by atoms with Crippen molar-refractivity contribution in [2.45, 2.75) is 25.0 Å². The number of rotatable bonds is 6. The lowest BCUT2D eigenvalue weighted by molar-refractivity contribution is -0.119. The number of amides is 1.